The van der Waals surface area contributed by atoms with Crippen LogP contribution in [-0.4, -0.2) is 59.5 Å². The van der Waals surface area contributed by atoms with Crippen LogP contribution < -0.4 is 10.6 Å². The number of carbonyl (C=O) groups is 2. The molecule has 1 saturated heterocycles. The first-order valence-electron chi connectivity index (χ1n) is 3.34. The van der Waals surface area contributed by atoms with Crippen LogP contribution in [0.4, 0.5) is 4.79 Å². The Bertz CT molecular complexity index is 188. The van der Waals surface area contributed by atoms with Crippen LogP contribution in [0.15, 0.2) is 0 Å². The first-order valence-corrected chi connectivity index (χ1v) is 4.73. The van der Waals surface area contributed by atoms with Crippen molar-refractivity contribution in [2.75, 3.05) is 12.0 Å². The van der Waals surface area contributed by atoms with Crippen LogP contribution in [-0.2, 0) is 4.79 Å². The van der Waals surface area contributed by atoms with Gasteiger partial charge in [-0.3, -0.25) is 10.1 Å². The van der Waals surface area contributed by atoms with Gasteiger partial charge in [0.1, 0.15) is 6.04 Å². The van der Waals surface area contributed by atoms with Gasteiger partial charge in [-0.2, -0.15) is 11.8 Å². The molecule has 0 spiro atoms. The van der Waals surface area contributed by atoms with Crippen LogP contribution >= 0.6 is 11.8 Å². The Morgan fingerprint density at radius 1 is 1.50 bits per heavy atom. The topological polar surface area (TPSA) is 58.2 Å². The Morgan fingerprint density at radius 2 is 2.17 bits per heavy atom. The average Bonchev–Trinajstić information content (AvgIpc) is 2.26. The second kappa shape index (κ2) is 5.85. The molecule has 1 fully saturated rings. The number of rotatable bonds is 3. The number of urea groups is 1. The predicted octanol–water partition coefficient (Wildman–Crippen LogP) is -0.433. The SMILES string of the molecule is CSCCC1NC(=O)NC1=O.[Na]. The van der Waals surface area contributed by atoms with E-state index in [9.17, 15) is 9.59 Å². The molecule has 0 aliphatic carbocycles. The van der Waals surface area contributed by atoms with Crippen molar-refractivity contribution in [1.29, 1.82) is 0 Å². The minimum atomic E-state index is -0.374. The fourth-order valence-electron chi connectivity index (χ4n) is 0.898. The Labute approximate surface area is 97.5 Å². The summed E-state index contributed by atoms with van der Waals surface area (Å²) in [5.74, 6) is 0.683. The van der Waals surface area contributed by atoms with Gasteiger partial charge in [-0.25, -0.2) is 4.79 Å². The first-order chi connectivity index (χ1) is 5.24. The van der Waals surface area contributed by atoms with Gasteiger partial charge in [0.2, 0.25) is 0 Å². The molecule has 0 aromatic heterocycles. The summed E-state index contributed by atoms with van der Waals surface area (Å²) < 4.78 is 0. The molecular formula is C6H10N2NaO2S. The maximum atomic E-state index is 10.9. The molecule has 6 heteroatoms. The third-order valence-electron chi connectivity index (χ3n) is 1.47. The molecule has 2 N–H and O–H groups in total. The molecule has 1 aliphatic heterocycles. The van der Waals surface area contributed by atoms with Crippen molar-refractivity contribution in [3.8, 4) is 0 Å². The van der Waals surface area contributed by atoms with E-state index in [4.69, 9.17) is 0 Å². The molecule has 63 valence electrons. The fraction of sp³-hybridized carbons (Fsp3) is 0.667. The van der Waals surface area contributed by atoms with Crippen molar-refractivity contribution in [1.82, 2.24) is 10.6 Å². The second-order valence-electron chi connectivity index (χ2n) is 2.30. The third kappa shape index (κ3) is 3.35. The molecule has 0 saturated carbocycles. The molecule has 1 aliphatic rings. The zero-order valence-electron chi connectivity index (χ0n) is 7.22. The van der Waals surface area contributed by atoms with Crippen molar-refractivity contribution >= 4 is 53.3 Å². The largest absolute Gasteiger partial charge is 0.326 e. The van der Waals surface area contributed by atoms with Crippen LogP contribution in [0.3, 0.4) is 0 Å². The van der Waals surface area contributed by atoms with E-state index in [1.54, 1.807) is 11.8 Å². The number of thioether (sulfide) groups is 1. The summed E-state index contributed by atoms with van der Waals surface area (Å²) in [6.07, 6.45) is 2.67. The summed E-state index contributed by atoms with van der Waals surface area (Å²) in [5.41, 5.74) is 0. The van der Waals surface area contributed by atoms with Crippen LogP contribution in [0, 0.1) is 0 Å². The van der Waals surface area contributed by atoms with Crippen molar-refractivity contribution in [3.05, 3.63) is 0 Å². The summed E-state index contributed by atoms with van der Waals surface area (Å²) in [6, 6.07) is -0.684. The summed E-state index contributed by atoms with van der Waals surface area (Å²) in [6.45, 7) is 0. The van der Waals surface area contributed by atoms with Gasteiger partial charge in [-0.05, 0) is 18.4 Å². The van der Waals surface area contributed by atoms with E-state index in [-0.39, 0.29) is 47.5 Å². The Balaban J connectivity index is 0.00000121. The number of imide groups is 1. The van der Waals surface area contributed by atoms with Gasteiger partial charge in [-0.15, -0.1) is 0 Å². The zero-order chi connectivity index (χ0) is 8.27. The summed E-state index contributed by atoms with van der Waals surface area (Å²) in [5, 5.41) is 4.70. The molecule has 1 radical (unpaired) electrons. The Morgan fingerprint density at radius 3 is 2.58 bits per heavy atom. The van der Waals surface area contributed by atoms with E-state index in [1.807, 2.05) is 6.26 Å². The predicted molar refractivity (Wildman–Crippen MR) is 49.2 cm³/mol. The van der Waals surface area contributed by atoms with Crippen LogP contribution in [0.1, 0.15) is 6.42 Å². The van der Waals surface area contributed by atoms with Crippen molar-refractivity contribution in [2.24, 2.45) is 0 Å². The first kappa shape index (κ1) is 12.3. The molecular weight excluding hydrogens is 187 g/mol. The van der Waals surface area contributed by atoms with Crippen LogP contribution in [0.25, 0.3) is 0 Å². The second-order valence-corrected chi connectivity index (χ2v) is 3.28. The number of carbonyl (C=O) groups excluding carboxylic acids is 2. The molecule has 1 rings (SSSR count). The zero-order valence-corrected chi connectivity index (χ0v) is 10.0. The minimum absolute atomic E-state index is 0. The standard InChI is InChI=1S/C6H10N2O2S.Na/c1-11-3-2-4-5(9)8-6(10)7-4;/h4H,2-3H2,1H3,(H2,7,8,9,10);. The molecule has 1 heterocycles. The maximum absolute atomic E-state index is 10.9. The van der Waals surface area contributed by atoms with Gasteiger partial charge >= 0.3 is 6.03 Å². The fourth-order valence-corrected chi connectivity index (χ4v) is 1.37. The molecule has 0 bridgehead atoms. The Kier molecular flexibility index (Phi) is 6.00. The van der Waals surface area contributed by atoms with E-state index >= 15 is 0 Å². The third-order valence-corrected chi connectivity index (χ3v) is 2.11. The van der Waals surface area contributed by atoms with Gasteiger partial charge in [0.15, 0.2) is 0 Å². The maximum Gasteiger partial charge on any atom is 0.322 e. The molecule has 12 heavy (non-hydrogen) atoms. The van der Waals surface area contributed by atoms with Crippen molar-refractivity contribution < 1.29 is 9.59 Å². The van der Waals surface area contributed by atoms with Gasteiger partial charge in [-0.1, -0.05) is 0 Å². The summed E-state index contributed by atoms with van der Waals surface area (Å²) >= 11 is 1.66. The Hall–Kier alpha value is 0.290. The van der Waals surface area contributed by atoms with Gasteiger partial charge in [0.05, 0.1) is 0 Å². The van der Waals surface area contributed by atoms with Crippen molar-refractivity contribution in [3.63, 3.8) is 0 Å². The molecule has 0 aromatic rings. The van der Waals surface area contributed by atoms with E-state index < -0.39 is 0 Å². The summed E-state index contributed by atoms with van der Waals surface area (Å²) in [4.78, 5) is 21.5. The average molecular weight is 197 g/mol. The van der Waals surface area contributed by atoms with Crippen molar-refractivity contribution in [2.45, 2.75) is 12.5 Å². The number of nitrogens with one attached hydrogen (secondary N) is 2. The molecule has 3 amide bonds. The van der Waals surface area contributed by atoms with Crippen LogP contribution in [0.2, 0.25) is 0 Å². The van der Waals surface area contributed by atoms with Gasteiger partial charge < -0.3 is 5.32 Å². The van der Waals surface area contributed by atoms with Gasteiger partial charge in [0, 0.05) is 29.6 Å². The van der Waals surface area contributed by atoms with E-state index in [0.717, 1.165) is 5.75 Å². The van der Waals surface area contributed by atoms with E-state index in [1.165, 1.54) is 0 Å². The number of amides is 3. The quantitative estimate of drug-likeness (QED) is 0.476. The van der Waals surface area contributed by atoms with E-state index in [2.05, 4.69) is 10.6 Å². The van der Waals surface area contributed by atoms with E-state index in [0.29, 0.717) is 6.42 Å². The number of hydrogen-bond acceptors (Lipinski definition) is 3. The minimum Gasteiger partial charge on any atom is -0.326 e. The molecule has 0 aromatic carbocycles. The molecule has 4 nitrogen and oxygen atoms in total. The monoisotopic (exact) mass is 197 g/mol. The smallest absolute Gasteiger partial charge is 0.322 e. The van der Waals surface area contributed by atoms with Gasteiger partial charge in [0.25, 0.3) is 5.91 Å². The normalized spacial score (nSPS) is 21.2. The number of hydrogen-bond donors (Lipinski definition) is 2. The van der Waals surface area contributed by atoms with Crippen LogP contribution in [0.5, 0.6) is 0 Å². The summed E-state index contributed by atoms with van der Waals surface area (Å²) in [7, 11) is 0. The molecule has 1 atom stereocenters. The molecule has 1 unspecified atom stereocenters.